The molecule has 0 unspecified atom stereocenters. The van der Waals surface area contributed by atoms with Crippen LogP contribution in [-0.2, 0) is 11.3 Å². The molecule has 1 heterocycles. The Morgan fingerprint density at radius 1 is 0.966 bits per heavy atom. The second-order valence-electron chi connectivity index (χ2n) is 6.83. The van der Waals surface area contributed by atoms with Gasteiger partial charge in [-0.2, -0.15) is 0 Å². The van der Waals surface area contributed by atoms with Crippen LogP contribution < -0.4 is 0 Å². The Bertz CT molecular complexity index is 1060. The molecule has 1 amide bonds. The van der Waals surface area contributed by atoms with E-state index in [2.05, 4.69) is 0 Å². The van der Waals surface area contributed by atoms with E-state index in [-0.39, 0.29) is 12.3 Å². The Morgan fingerprint density at radius 3 is 2.28 bits per heavy atom. The zero-order chi connectivity index (χ0) is 20.4. The van der Waals surface area contributed by atoms with Crippen LogP contribution in [0.25, 0.3) is 5.57 Å². The lowest BCUT2D eigenvalue weighted by Crippen LogP contribution is -2.30. The topological polar surface area (TPSA) is 40.5 Å². The lowest BCUT2D eigenvalue weighted by molar-refractivity contribution is -0.130. The van der Waals surface area contributed by atoms with Gasteiger partial charge in [-0.3, -0.25) is 4.79 Å². The highest BCUT2D eigenvalue weighted by molar-refractivity contribution is 7.98. The van der Waals surface area contributed by atoms with Gasteiger partial charge in [0.25, 0.3) is 5.91 Å². The van der Waals surface area contributed by atoms with Crippen LogP contribution in [-0.4, -0.2) is 22.2 Å². The van der Waals surface area contributed by atoms with Crippen molar-refractivity contribution >= 4 is 23.2 Å². The van der Waals surface area contributed by atoms with Crippen molar-refractivity contribution in [1.29, 1.82) is 0 Å². The number of benzene rings is 3. The van der Waals surface area contributed by atoms with Crippen molar-refractivity contribution in [2.45, 2.75) is 17.5 Å². The summed E-state index contributed by atoms with van der Waals surface area (Å²) in [6.45, 7) is 0.271. The Hall–Kier alpha value is -3.05. The van der Waals surface area contributed by atoms with Crippen molar-refractivity contribution in [2.24, 2.45) is 0 Å². The fourth-order valence-corrected chi connectivity index (χ4v) is 4.09. The van der Waals surface area contributed by atoms with Crippen molar-refractivity contribution in [2.75, 3.05) is 6.26 Å². The Morgan fingerprint density at radius 2 is 1.62 bits per heavy atom. The van der Waals surface area contributed by atoms with Gasteiger partial charge >= 0.3 is 0 Å². The molecular formula is C24H20FNO2S. The molecule has 1 atom stereocenters. The molecule has 4 rings (SSSR count). The molecule has 0 fully saturated rings. The van der Waals surface area contributed by atoms with Crippen LogP contribution in [0.15, 0.2) is 89.5 Å². The number of nitrogens with zero attached hydrogens (tertiary/aromatic N) is 1. The molecular weight excluding hydrogens is 385 g/mol. The molecule has 3 aromatic rings. The summed E-state index contributed by atoms with van der Waals surface area (Å²) in [5, 5.41) is 10.7. The molecule has 0 aliphatic carbocycles. The van der Waals surface area contributed by atoms with Crippen LogP contribution >= 0.6 is 11.8 Å². The predicted molar refractivity (Wildman–Crippen MR) is 114 cm³/mol. The maximum Gasteiger partial charge on any atom is 0.290 e. The van der Waals surface area contributed by atoms with Gasteiger partial charge in [-0.1, -0.05) is 60.7 Å². The Labute approximate surface area is 173 Å². The van der Waals surface area contributed by atoms with E-state index < -0.39 is 17.8 Å². The fourth-order valence-electron chi connectivity index (χ4n) is 3.68. The molecule has 5 heteroatoms. The highest BCUT2D eigenvalue weighted by atomic mass is 32.2. The second-order valence-corrected chi connectivity index (χ2v) is 7.71. The van der Waals surface area contributed by atoms with Gasteiger partial charge in [0.1, 0.15) is 5.82 Å². The van der Waals surface area contributed by atoms with Crippen LogP contribution in [0.5, 0.6) is 0 Å². The summed E-state index contributed by atoms with van der Waals surface area (Å²) in [5.74, 6) is -1.23. The van der Waals surface area contributed by atoms with Gasteiger partial charge in [-0.05, 0) is 35.6 Å². The van der Waals surface area contributed by atoms with Crippen molar-refractivity contribution < 1.29 is 14.3 Å². The average Bonchev–Trinajstić information content (AvgIpc) is 3.00. The van der Waals surface area contributed by atoms with E-state index in [9.17, 15) is 14.3 Å². The standard InChI is InChI=1S/C24H20FNO2S/c1-29-18-13-11-16(12-14-18)15-26-22(19-9-5-6-10-20(19)25)21(23(27)24(26)28)17-7-3-2-4-8-17/h2-14,22,27H,15H2,1H3/t22-/m1/s1. The highest BCUT2D eigenvalue weighted by Crippen LogP contribution is 2.44. The molecule has 0 aromatic heterocycles. The summed E-state index contributed by atoms with van der Waals surface area (Å²) >= 11 is 1.64. The van der Waals surface area contributed by atoms with Gasteiger partial charge in [-0.15, -0.1) is 11.8 Å². The van der Waals surface area contributed by atoms with Gasteiger partial charge in [0.15, 0.2) is 5.76 Å². The van der Waals surface area contributed by atoms with Crippen molar-refractivity contribution in [3.8, 4) is 0 Å². The molecule has 3 aromatic carbocycles. The second kappa shape index (κ2) is 8.13. The molecule has 1 N–H and O–H groups in total. The summed E-state index contributed by atoms with van der Waals surface area (Å²) < 4.78 is 14.8. The number of halogens is 1. The monoisotopic (exact) mass is 405 g/mol. The van der Waals surface area contributed by atoms with Gasteiger partial charge in [-0.25, -0.2) is 4.39 Å². The average molecular weight is 405 g/mol. The number of aliphatic hydroxyl groups is 1. The number of rotatable bonds is 5. The first kappa shape index (κ1) is 19.3. The van der Waals surface area contributed by atoms with Crippen LogP contribution in [0.4, 0.5) is 4.39 Å². The molecule has 1 aliphatic heterocycles. The zero-order valence-corrected chi connectivity index (χ0v) is 16.7. The molecule has 1 aliphatic rings. The summed E-state index contributed by atoms with van der Waals surface area (Å²) in [6, 6.07) is 22.8. The fraction of sp³-hybridized carbons (Fsp3) is 0.125. The van der Waals surface area contributed by atoms with E-state index in [1.165, 1.54) is 11.0 Å². The van der Waals surface area contributed by atoms with Crippen LogP contribution in [0.3, 0.4) is 0 Å². The van der Waals surface area contributed by atoms with Crippen molar-refractivity contribution in [3.05, 3.63) is 107 Å². The van der Waals surface area contributed by atoms with Crippen molar-refractivity contribution in [3.63, 3.8) is 0 Å². The van der Waals surface area contributed by atoms with Crippen LogP contribution in [0.2, 0.25) is 0 Å². The van der Waals surface area contributed by atoms with E-state index in [4.69, 9.17) is 0 Å². The quantitative estimate of drug-likeness (QED) is 0.562. The number of hydrogen-bond acceptors (Lipinski definition) is 3. The largest absolute Gasteiger partial charge is 0.503 e. The molecule has 0 bridgehead atoms. The predicted octanol–water partition coefficient (Wildman–Crippen LogP) is 5.60. The van der Waals surface area contributed by atoms with Gasteiger partial charge < -0.3 is 10.0 Å². The third kappa shape index (κ3) is 3.66. The third-order valence-corrected chi connectivity index (χ3v) is 5.84. The first-order chi connectivity index (χ1) is 14.1. The van der Waals surface area contributed by atoms with E-state index in [0.29, 0.717) is 16.7 Å². The van der Waals surface area contributed by atoms with Crippen LogP contribution in [0, 0.1) is 5.82 Å². The third-order valence-electron chi connectivity index (χ3n) is 5.10. The summed E-state index contributed by atoms with van der Waals surface area (Å²) in [5.41, 5.74) is 2.41. The Balaban J connectivity index is 1.79. The van der Waals surface area contributed by atoms with Gasteiger partial charge in [0.05, 0.1) is 6.04 Å². The lowest BCUT2D eigenvalue weighted by atomic mass is 9.93. The molecule has 29 heavy (non-hydrogen) atoms. The van der Waals surface area contributed by atoms with Gasteiger partial charge in [0, 0.05) is 22.6 Å². The number of hydrogen-bond donors (Lipinski definition) is 1. The first-order valence-corrected chi connectivity index (χ1v) is 10.5. The summed E-state index contributed by atoms with van der Waals surface area (Å²) in [6.07, 6.45) is 2.00. The highest BCUT2D eigenvalue weighted by Gasteiger charge is 2.41. The maximum atomic E-state index is 14.8. The molecule has 0 spiro atoms. The summed E-state index contributed by atoms with van der Waals surface area (Å²) in [7, 11) is 0. The summed E-state index contributed by atoms with van der Waals surface area (Å²) in [4.78, 5) is 15.7. The minimum Gasteiger partial charge on any atom is -0.503 e. The maximum absolute atomic E-state index is 14.8. The van der Waals surface area contributed by atoms with E-state index >= 15 is 0 Å². The van der Waals surface area contributed by atoms with E-state index in [1.54, 1.807) is 30.0 Å². The van der Waals surface area contributed by atoms with Crippen LogP contribution in [0.1, 0.15) is 22.7 Å². The molecule has 3 nitrogen and oxygen atoms in total. The van der Waals surface area contributed by atoms with E-state index in [0.717, 1.165) is 10.5 Å². The lowest BCUT2D eigenvalue weighted by Gasteiger charge is -2.28. The normalized spacial score (nSPS) is 16.6. The van der Waals surface area contributed by atoms with Crippen molar-refractivity contribution in [1.82, 2.24) is 4.90 Å². The minimum absolute atomic E-state index is 0.271. The first-order valence-electron chi connectivity index (χ1n) is 9.27. The number of carbonyl (C=O) groups excluding carboxylic acids is 1. The number of carbonyl (C=O) groups is 1. The SMILES string of the molecule is CSc1ccc(CN2C(=O)C(O)=C(c3ccccc3)[C@H]2c2ccccc2F)cc1. The molecule has 0 saturated heterocycles. The molecule has 0 saturated carbocycles. The van der Waals surface area contributed by atoms with E-state index in [1.807, 2.05) is 60.9 Å². The Kier molecular flexibility index (Phi) is 5.41. The zero-order valence-electron chi connectivity index (χ0n) is 15.9. The molecule has 0 radical (unpaired) electrons. The van der Waals surface area contributed by atoms with Gasteiger partial charge in [0.2, 0.25) is 0 Å². The minimum atomic E-state index is -0.702. The number of aliphatic hydroxyl groups excluding tert-OH is 1. The molecule has 146 valence electrons. The number of amides is 1. The number of thioether (sulfide) groups is 1. The smallest absolute Gasteiger partial charge is 0.290 e.